The summed E-state index contributed by atoms with van der Waals surface area (Å²) in [6.07, 6.45) is 0.802. The first-order chi connectivity index (χ1) is 4.29. The van der Waals surface area contributed by atoms with E-state index in [2.05, 4.69) is 0 Å². The quantitative estimate of drug-likeness (QED) is 0.640. The summed E-state index contributed by atoms with van der Waals surface area (Å²) in [6, 6.07) is 0. The zero-order valence-corrected chi connectivity index (χ0v) is 7.83. The number of carbonyl (C=O) groups is 1. The van der Waals surface area contributed by atoms with Gasteiger partial charge in [-0.05, 0) is 13.3 Å². The van der Waals surface area contributed by atoms with E-state index in [1.165, 1.54) is 0 Å². The third-order valence-electron chi connectivity index (χ3n) is 0.621. The minimum absolute atomic E-state index is 0.514. The van der Waals surface area contributed by atoms with Crippen molar-refractivity contribution in [2.75, 3.05) is 0 Å². The maximum absolute atomic E-state index is 9.00. The second-order valence-electron chi connectivity index (χ2n) is 1.94. The number of alkyl halides is 2. The Balaban J connectivity index is 0. The van der Waals surface area contributed by atoms with Crippen LogP contribution < -0.4 is 0 Å². The third-order valence-corrected chi connectivity index (χ3v) is 1.16. The van der Waals surface area contributed by atoms with Crippen molar-refractivity contribution >= 4 is 29.2 Å². The first-order valence-electron chi connectivity index (χ1n) is 2.87. The van der Waals surface area contributed by atoms with Crippen molar-refractivity contribution in [1.82, 2.24) is 0 Å². The molecule has 2 nitrogen and oxygen atoms in total. The molecule has 0 aliphatic heterocycles. The van der Waals surface area contributed by atoms with Gasteiger partial charge in [-0.3, -0.25) is 4.79 Å². The molecule has 0 bridgehead atoms. The summed E-state index contributed by atoms with van der Waals surface area (Å²) in [6.45, 7) is 4.80. The van der Waals surface area contributed by atoms with Gasteiger partial charge in [-0.1, -0.05) is 6.92 Å². The molecule has 0 radical (unpaired) electrons. The Morgan fingerprint density at radius 1 is 1.60 bits per heavy atom. The van der Waals surface area contributed by atoms with Crippen LogP contribution >= 0.6 is 23.2 Å². The Kier molecular flexibility index (Phi) is 7.38. The average molecular weight is 187 g/mol. The summed E-state index contributed by atoms with van der Waals surface area (Å²) < 4.78 is -0.514. The van der Waals surface area contributed by atoms with Gasteiger partial charge in [0.05, 0.1) is 0 Å². The Bertz CT molecular complexity index is 92.4. The topological polar surface area (TPSA) is 37.3 Å². The van der Waals surface area contributed by atoms with Crippen molar-refractivity contribution in [2.24, 2.45) is 0 Å². The van der Waals surface area contributed by atoms with Crippen molar-refractivity contribution in [2.45, 2.75) is 31.5 Å². The Labute approximate surface area is 71.1 Å². The molecular formula is C6H12Cl2O2. The molecule has 4 heteroatoms. The van der Waals surface area contributed by atoms with Gasteiger partial charge in [0.2, 0.25) is 0 Å². The highest BCUT2D eigenvalue weighted by Gasteiger charge is 2.10. The summed E-state index contributed by atoms with van der Waals surface area (Å²) in [5.74, 6) is -0.833. The van der Waals surface area contributed by atoms with Crippen LogP contribution in [-0.4, -0.2) is 15.4 Å². The Morgan fingerprint density at radius 2 is 1.70 bits per heavy atom. The maximum atomic E-state index is 9.00. The molecule has 10 heavy (non-hydrogen) atoms. The Hall–Kier alpha value is 0.0500. The summed E-state index contributed by atoms with van der Waals surface area (Å²) in [7, 11) is 0. The lowest BCUT2D eigenvalue weighted by molar-refractivity contribution is -0.134. The van der Waals surface area contributed by atoms with Gasteiger partial charge in [-0.2, -0.15) is 0 Å². The van der Waals surface area contributed by atoms with Crippen LogP contribution in [0.4, 0.5) is 0 Å². The molecule has 0 aromatic rings. The van der Waals surface area contributed by atoms with Gasteiger partial charge in [0, 0.05) is 6.92 Å². The lowest BCUT2D eigenvalue weighted by atomic mass is 10.4. The van der Waals surface area contributed by atoms with Gasteiger partial charge in [-0.25, -0.2) is 0 Å². The van der Waals surface area contributed by atoms with E-state index in [9.17, 15) is 0 Å². The predicted molar refractivity (Wildman–Crippen MR) is 43.7 cm³/mol. The molecule has 0 rings (SSSR count). The van der Waals surface area contributed by atoms with E-state index in [-0.39, 0.29) is 0 Å². The van der Waals surface area contributed by atoms with E-state index in [0.29, 0.717) is 0 Å². The molecule has 0 unspecified atom stereocenters. The third kappa shape index (κ3) is 43.0. The van der Waals surface area contributed by atoms with Crippen LogP contribution in [0.2, 0.25) is 0 Å². The molecule has 0 aliphatic rings. The van der Waals surface area contributed by atoms with Crippen LogP contribution in [0.5, 0.6) is 0 Å². The summed E-state index contributed by atoms with van der Waals surface area (Å²) in [5, 5.41) is 7.42. The number of aliphatic carboxylic acids is 1. The van der Waals surface area contributed by atoms with Crippen molar-refractivity contribution in [1.29, 1.82) is 0 Å². The minimum Gasteiger partial charge on any atom is -0.481 e. The number of carboxylic acid groups (broad SMARTS) is 1. The highest BCUT2D eigenvalue weighted by atomic mass is 35.5. The molecule has 0 fully saturated rings. The molecule has 0 aromatic carbocycles. The molecule has 0 aliphatic carbocycles. The van der Waals surface area contributed by atoms with Gasteiger partial charge in [0.1, 0.15) is 4.33 Å². The highest BCUT2D eigenvalue weighted by Crippen LogP contribution is 2.22. The van der Waals surface area contributed by atoms with E-state index in [1.54, 1.807) is 6.92 Å². The lowest BCUT2D eigenvalue weighted by Crippen LogP contribution is -2.00. The first kappa shape index (κ1) is 12.7. The fourth-order valence-electron chi connectivity index (χ4n) is 0. The molecule has 0 heterocycles. The van der Waals surface area contributed by atoms with Crippen molar-refractivity contribution in [3.8, 4) is 0 Å². The van der Waals surface area contributed by atoms with Crippen molar-refractivity contribution in [3.05, 3.63) is 0 Å². The number of rotatable bonds is 1. The van der Waals surface area contributed by atoms with Gasteiger partial charge >= 0.3 is 0 Å². The minimum atomic E-state index is -0.833. The van der Waals surface area contributed by atoms with Crippen LogP contribution in [0.1, 0.15) is 27.2 Å². The van der Waals surface area contributed by atoms with E-state index in [4.69, 9.17) is 33.1 Å². The van der Waals surface area contributed by atoms with E-state index >= 15 is 0 Å². The zero-order valence-electron chi connectivity index (χ0n) is 6.32. The average Bonchev–Trinajstić information content (AvgIpc) is 1.63. The first-order valence-corrected chi connectivity index (χ1v) is 3.62. The molecule has 0 aromatic heterocycles. The number of carboxylic acids is 1. The molecule has 62 valence electrons. The molecule has 0 saturated heterocycles. The zero-order chi connectivity index (χ0) is 8.78. The van der Waals surface area contributed by atoms with E-state index in [0.717, 1.165) is 13.3 Å². The molecule has 0 spiro atoms. The van der Waals surface area contributed by atoms with E-state index in [1.807, 2.05) is 6.92 Å². The molecule has 1 N–H and O–H groups in total. The molecule has 0 amide bonds. The Morgan fingerprint density at radius 3 is 1.70 bits per heavy atom. The largest absolute Gasteiger partial charge is 0.481 e. The molecule has 0 saturated carbocycles. The number of halogens is 2. The van der Waals surface area contributed by atoms with Crippen LogP contribution in [0.3, 0.4) is 0 Å². The van der Waals surface area contributed by atoms with Crippen LogP contribution in [-0.2, 0) is 4.79 Å². The van der Waals surface area contributed by atoms with Gasteiger partial charge < -0.3 is 5.11 Å². The standard InChI is InChI=1S/C4H8Cl2.C2H4O2/c1-3-4(2,5)6;1-2(3)4/h3H2,1-2H3;1H3,(H,3,4). The SMILES string of the molecule is CC(=O)O.CCC(C)(Cl)Cl. The fraction of sp³-hybridized carbons (Fsp3) is 0.833. The van der Waals surface area contributed by atoms with Gasteiger partial charge in [0.25, 0.3) is 5.97 Å². The number of hydrogen-bond acceptors (Lipinski definition) is 1. The van der Waals surface area contributed by atoms with E-state index < -0.39 is 10.3 Å². The molecular weight excluding hydrogens is 175 g/mol. The predicted octanol–water partition coefficient (Wildman–Crippen LogP) is 2.68. The summed E-state index contributed by atoms with van der Waals surface area (Å²) in [4.78, 5) is 9.00. The highest BCUT2D eigenvalue weighted by molar-refractivity contribution is 6.48. The van der Waals surface area contributed by atoms with Gasteiger partial charge in [0.15, 0.2) is 0 Å². The monoisotopic (exact) mass is 186 g/mol. The van der Waals surface area contributed by atoms with Crippen LogP contribution in [0, 0.1) is 0 Å². The maximum Gasteiger partial charge on any atom is 0.300 e. The normalized spacial score (nSPS) is 9.70. The lowest BCUT2D eigenvalue weighted by Gasteiger charge is -2.05. The summed E-state index contributed by atoms with van der Waals surface area (Å²) in [5.41, 5.74) is 0. The van der Waals surface area contributed by atoms with Gasteiger partial charge in [-0.15, -0.1) is 23.2 Å². The fourth-order valence-corrected chi connectivity index (χ4v) is 0. The van der Waals surface area contributed by atoms with Crippen molar-refractivity contribution in [3.63, 3.8) is 0 Å². The second-order valence-corrected chi connectivity index (χ2v) is 3.80. The second kappa shape index (κ2) is 5.81. The van der Waals surface area contributed by atoms with Crippen molar-refractivity contribution < 1.29 is 9.90 Å². The van der Waals surface area contributed by atoms with Crippen LogP contribution in [0.15, 0.2) is 0 Å². The summed E-state index contributed by atoms with van der Waals surface area (Å²) >= 11 is 11.0. The van der Waals surface area contributed by atoms with Crippen LogP contribution in [0.25, 0.3) is 0 Å². The molecule has 0 atom stereocenters. The number of hydrogen-bond donors (Lipinski definition) is 1. The smallest absolute Gasteiger partial charge is 0.300 e.